The van der Waals surface area contributed by atoms with Crippen molar-refractivity contribution in [2.24, 2.45) is 11.8 Å². The van der Waals surface area contributed by atoms with Crippen LogP contribution in [-0.4, -0.2) is 78.6 Å². The third-order valence-corrected chi connectivity index (χ3v) is 5.39. The molecule has 2 bridgehead atoms. The lowest BCUT2D eigenvalue weighted by atomic mass is 9.84. The van der Waals surface area contributed by atoms with Gasteiger partial charge in [0.1, 0.15) is 18.5 Å². The SMILES string of the molecule is CC(C)OC(=O)NC(=O)N1CC2CC(CN(CC(O)COc3ccc(C#N)cc3)C2)C1. The second-order valence-electron chi connectivity index (χ2n) is 8.58. The number of nitriles is 1. The molecule has 2 saturated heterocycles. The lowest BCUT2D eigenvalue weighted by Crippen LogP contribution is -2.57. The van der Waals surface area contributed by atoms with Crippen molar-refractivity contribution in [3.63, 3.8) is 0 Å². The zero-order valence-electron chi connectivity index (χ0n) is 18.0. The summed E-state index contributed by atoms with van der Waals surface area (Å²) in [6, 6.07) is 8.43. The number of β-amino-alcohol motifs (C(OH)–C–C–N with tert-alkyl or cyclic N) is 1. The second-order valence-corrected chi connectivity index (χ2v) is 8.58. The molecule has 31 heavy (non-hydrogen) atoms. The van der Waals surface area contributed by atoms with Crippen molar-refractivity contribution < 1.29 is 24.2 Å². The number of nitrogens with one attached hydrogen (secondary N) is 1. The van der Waals surface area contributed by atoms with Crippen molar-refractivity contribution >= 4 is 12.1 Å². The van der Waals surface area contributed by atoms with Crippen molar-refractivity contribution in [1.82, 2.24) is 15.1 Å². The highest BCUT2D eigenvalue weighted by atomic mass is 16.6. The fraction of sp³-hybridized carbons (Fsp3) is 0.591. The number of hydrogen-bond acceptors (Lipinski definition) is 7. The molecular formula is C22H30N4O5. The molecule has 2 aliphatic rings. The monoisotopic (exact) mass is 430 g/mol. The van der Waals surface area contributed by atoms with Gasteiger partial charge in [-0.3, -0.25) is 4.90 Å². The van der Waals surface area contributed by atoms with Crippen LogP contribution >= 0.6 is 0 Å². The predicted octanol–water partition coefficient (Wildman–Crippen LogP) is 1.81. The largest absolute Gasteiger partial charge is 0.491 e. The molecule has 3 atom stereocenters. The molecule has 2 N–H and O–H groups in total. The average Bonchev–Trinajstić information content (AvgIpc) is 2.71. The van der Waals surface area contributed by atoms with Crippen molar-refractivity contribution in [2.75, 3.05) is 39.3 Å². The quantitative estimate of drug-likeness (QED) is 0.707. The first kappa shape index (κ1) is 22.8. The third kappa shape index (κ3) is 6.84. The van der Waals surface area contributed by atoms with Crippen molar-refractivity contribution in [3.8, 4) is 11.8 Å². The maximum Gasteiger partial charge on any atom is 0.415 e. The number of hydrogen-bond donors (Lipinski definition) is 2. The number of alkyl carbamates (subject to hydrolysis) is 1. The summed E-state index contributed by atoms with van der Waals surface area (Å²) in [5.74, 6) is 1.21. The first-order chi connectivity index (χ1) is 14.8. The van der Waals surface area contributed by atoms with Crippen molar-refractivity contribution in [1.29, 1.82) is 5.26 Å². The highest BCUT2D eigenvalue weighted by Gasteiger charge is 2.36. The van der Waals surface area contributed by atoms with Crippen LogP contribution in [-0.2, 0) is 4.74 Å². The van der Waals surface area contributed by atoms with Gasteiger partial charge in [0.15, 0.2) is 0 Å². The normalized spacial score (nSPS) is 21.8. The van der Waals surface area contributed by atoms with Gasteiger partial charge in [0.25, 0.3) is 0 Å². The Morgan fingerprint density at radius 2 is 1.84 bits per heavy atom. The highest BCUT2D eigenvalue weighted by molar-refractivity contribution is 5.90. The molecule has 9 heteroatoms. The standard InChI is InChI=1S/C22H30N4O5/c1-15(2)31-22(29)24-21(28)26-11-17-7-18(12-26)10-25(9-17)13-19(27)14-30-20-5-3-16(8-23)4-6-20/h3-6,15,17-19,27H,7,9-14H2,1-2H3,(H,24,28,29). The van der Waals surface area contributed by atoms with Gasteiger partial charge in [-0.15, -0.1) is 0 Å². The third-order valence-electron chi connectivity index (χ3n) is 5.39. The summed E-state index contributed by atoms with van der Waals surface area (Å²) in [5, 5.41) is 21.5. The van der Waals surface area contributed by atoms with Gasteiger partial charge in [-0.1, -0.05) is 0 Å². The number of piperidine rings is 2. The minimum Gasteiger partial charge on any atom is -0.491 e. The van der Waals surface area contributed by atoms with E-state index >= 15 is 0 Å². The van der Waals surface area contributed by atoms with Gasteiger partial charge in [0, 0.05) is 32.7 Å². The maximum absolute atomic E-state index is 12.4. The first-order valence-electron chi connectivity index (χ1n) is 10.6. The lowest BCUT2D eigenvalue weighted by molar-refractivity contribution is 0.00899. The van der Waals surface area contributed by atoms with Gasteiger partial charge in [-0.2, -0.15) is 5.26 Å². The zero-order valence-corrected chi connectivity index (χ0v) is 18.0. The molecule has 0 radical (unpaired) electrons. The summed E-state index contributed by atoms with van der Waals surface area (Å²) < 4.78 is 10.6. The van der Waals surface area contributed by atoms with Crippen LogP contribution in [0.2, 0.25) is 0 Å². The van der Waals surface area contributed by atoms with Crippen LogP contribution in [0.1, 0.15) is 25.8 Å². The van der Waals surface area contributed by atoms with Gasteiger partial charge in [0.2, 0.25) is 0 Å². The van der Waals surface area contributed by atoms with E-state index in [1.807, 2.05) is 0 Å². The minimum absolute atomic E-state index is 0.171. The van der Waals surface area contributed by atoms with E-state index in [0.29, 0.717) is 42.8 Å². The molecule has 2 fully saturated rings. The van der Waals surface area contributed by atoms with E-state index in [0.717, 1.165) is 19.5 Å². The molecular weight excluding hydrogens is 400 g/mol. The molecule has 1 aromatic carbocycles. The second kappa shape index (κ2) is 10.5. The number of benzene rings is 1. The average molecular weight is 431 g/mol. The van der Waals surface area contributed by atoms with Crippen LogP contribution in [0.25, 0.3) is 0 Å². The summed E-state index contributed by atoms with van der Waals surface area (Å²) in [6.45, 7) is 6.84. The molecule has 2 aliphatic heterocycles. The number of rotatable bonds is 6. The van der Waals surface area contributed by atoms with E-state index in [1.165, 1.54) is 0 Å². The first-order valence-corrected chi connectivity index (χ1v) is 10.6. The summed E-state index contributed by atoms with van der Waals surface area (Å²) in [5.41, 5.74) is 0.562. The maximum atomic E-state index is 12.4. The Kier molecular flexibility index (Phi) is 7.71. The summed E-state index contributed by atoms with van der Waals surface area (Å²) >= 11 is 0. The number of ether oxygens (including phenoxy) is 2. The number of fused-ring (bicyclic) bond motifs is 2. The Hall–Kier alpha value is -2.83. The summed E-state index contributed by atoms with van der Waals surface area (Å²) in [6.07, 6.45) is -0.606. The van der Waals surface area contributed by atoms with Crippen LogP contribution in [0.5, 0.6) is 5.75 Å². The predicted molar refractivity (Wildman–Crippen MR) is 112 cm³/mol. The van der Waals surface area contributed by atoms with Crippen LogP contribution in [0.3, 0.4) is 0 Å². The summed E-state index contributed by atoms with van der Waals surface area (Å²) in [4.78, 5) is 27.9. The molecule has 0 saturated carbocycles. The van der Waals surface area contributed by atoms with Crippen LogP contribution in [0.4, 0.5) is 9.59 Å². The number of amides is 3. The topological polar surface area (TPSA) is 115 Å². The number of imide groups is 1. The summed E-state index contributed by atoms with van der Waals surface area (Å²) in [7, 11) is 0. The number of likely N-dealkylation sites (tertiary alicyclic amines) is 2. The number of aliphatic hydroxyl groups is 1. The molecule has 9 nitrogen and oxygen atoms in total. The number of carbonyl (C=O) groups excluding carboxylic acids is 2. The number of urea groups is 1. The zero-order chi connectivity index (χ0) is 22.4. The molecule has 3 unspecified atom stereocenters. The van der Waals surface area contributed by atoms with Gasteiger partial charge in [-0.25, -0.2) is 14.9 Å². The smallest absolute Gasteiger partial charge is 0.415 e. The number of nitrogens with zero attached hydrogens (tertiary/aromatic N) is 3. The van der Waals surface area contributed by atoms with Gasteiger partial charge in [0.05, 0.1) is 17.7 Å². The van der Waals surface area contributed by atoms with Crippen molar-refractivity contribution in [3.05, 3.63) is 29.8 Å². The Balaban J connectivity index is 1.42. The van der Waals surface area contributed by atoms with Crippen LogP contribution in [0, 0.1) is 23.2 Å². The number of carbonyl (C=O) groups is 2. The molecule has 3 amide bonds. The van der Waals surface area contributed by atoms with Gasteiger partial charge in [-0.05, 0) is 56.4 Å². The molecule has 1 aromatic rings. The Morgan fingerprint density at radius 1 is 1.19 bits per heavy atom. The van der Waals surface area contributed by atoms with E-state index in [2.05, 4.69) is 16.3 Å². The molecule has 0 spiro atoms. The van der Waals surface area contributed by atoms with Gasteiger partial charge < -0.3 is 19.5 Å². The molecule has 3 rings (SSSR count). The van der Waals surface area contributed by atoms with Gasteiger partial charge >= 0.3 is 12.1 Å². The fourth-order valence-corrected chi connectivity index (χ4v) is 4.28. The molecule has 168 valence electrons. The Bertz CT molecular complexity index is 793. The fourth-order valence-electron chi connectivity index (χ4n) is 4.28. The number of aliphatic hydroxyl groups excluding tert-OH is 1. The van der Waals surface area contributed by atoms with E-state index in [-0.39, 0.29) is 12.7 Å². The lowest BCUT2D eigenvalue weighted by Gasteiger charge is -2.46. The van der Waals surface area contributed by atoms with Crippen molar-refractivity contribution in [2.45, 2.75) is 32.5 Å². The molecule has 2 heterocycles. The Morgan fingerprint density at radius 3 is 2.42 bits per heavy atom. The van der Waals surface area contributed by atoms with E-state index < -0.39 is 18.2 Å². The molecule has 0 aliphatic carbocycles. The van der Waals surface area contributed by atoms with E-state index in [9.17, 15) is 14.7 Å². The van der Waals surface area contributed by atoms with Crippen LogP contribution < -0.4 is 10.1 Å². The van der Waals surface area contributed by atoms with Crippen LogP contribution in [0.15, 0.2) is 24.3 Å². The Labute approximate surface area is 182 Å². The minimum atomic E-state index is -0.720. The van der Waals surface area contributed by atoms with E-state index in [4.69, 9.17) is 14.7 Å². The van der Waals surface area contributed by atoms with E-state index in [1.54, 1.807) is 43.0 Å². The highest BCUT2D eigenvalue weighted by Crippen LogP contribution is 2.28. The molecule has 0 aromatic heterocycles.